The van der Waals surface area contributed by atoms with Crippen LogP contribution in [0.2, 0.25) is 0 Å². The summed E-state index contributed by atoms with van der Waals surface area (Å²) in [5.74, 6) is 0.00904. The molecule has 2 rings (SSSR count). The van der Waals surface area contributed by atoms with Crippen LogP contribution in [-0.4, -0.2) is 10.8 Å². The molecular weight excluding hydrogens is 337 g/mol. The summed E-state index contributed by atoms with van der Waals surface area (Å²) in [6.45, 7) is 3.50. The van der Waals surface area contributed by atoms with Crippen molar-refractivity contribution >= 4 is 28.4 Å². The van der Waals surface area contributed by atoms with Gasteiger partial charge in [0.25, 0.3) is 0 Å². The summed E-state index contributed by atoms with van der Waals surface area (Å²) in [6.07, 6.45) is 5.19. The van der Waals surface area contributed by atoms with Crippen molar-refractivity contribution in [3.8, 4) is 11.1 Å². The Morgan fingerprint density at radius 1 is 1.28 bits per heavy atom. The number of nitrogens with zero attached hydrogens (tertiary/aromatic N) is 1. The minimum atomic E-state index is 0.00904. The number of aromatic nitrogens is 1. The fourth-order valence-corrected chi connectivity index (χ4v) is 2.10. The Labute approximate surface area is 120 Å². The molecule has 1 heterocycles. The lowest BCUT2D eigenvalue weighted by atomic mass is 9.98. The lowest BCUT2D eigenvalue weighted by Gasteiger charge is -2.07. The highest BCUT2D eigenvalue weighted by molar-refractivity contribution is 14.1. The third-order valence-electron chi connectivity index (χ3n) is 2.65. The van der Waals surface area contributed by atoms with Crippen molar-refractivity contribution in [2.75, 3.05) is 0 Å². The molecule has 0 saturated heterocycles. The molecule has 1 aromatic heterocycles. The summed E-state index contributed by atoms with van der Waals surface area (Å²) in [6, 6.07) is 10.1. The summed E-state index contributed by atoms with van der Waals surface area (Å²) in [5.41, 5.74) is 3.09. The summed E-state index contributed by atoms with van der Waals surface area (Å²) in [4.78, 5) is 15.6. The maximum Gasteiger partial charge on any atom is 0.159 e. The molecule has 0 bridgehead atoms. The fraction of sp³-hybridized carbons (Fsp3) is 0.0667. The second kappa shape index (κ2) is 5.91. The molecule has 18 heavy (non-hydrogen) atoms. The first kappa shape index (κ1) is 13.0. The monoisotopic (exact) mass is 349 g/mol. The van der Waals surface area contributed by atoms with Crippen molar-refractivity contribution in [3.05, 3.63) is 64.5 Å². The Morgan fingerprint density at radius 2 is 2.00 bits per heavy atom. The molecule has 2 aromatic rings. The van der Waals surface area contributed by atoms with Crippen molar-refractivity contribution in [2.45, 2.75) is 6.42 Å². The van der Waals surface area contributed by atoms with Gasteiger partial charge in [0.2, 0.25) is 0 Å². The van der Waals surface area contributed by atoms with Crippen molar-refractivity contribution in [2.24, 2.45) is 0 Å². The molecule has 0 aliphatic carbocycles. The van der Waals surface area contributed by atoms with E-state index >= 15 is 0 Å². The Hall–Kier alpha value is -1.49. The van der Waals surface area contributed by atoms with Crippen molar-refractivity contribution in [1.82, 2.24) is 4.98 Å². The van der Waals surface area contributed by atoms with E-state index in [2.05, 4.69) is 58.4 Å². The number of carbonyl (C=O) groups is 1. The Bertz CT molecular complexity index is 575. The first-order valence-corrected chi connectivity index (χ1v) is 6.62. The van der Waals surface area contributed by atoms with E-state index in [0.29, 0.717) is 6.42 Å². The van der Waals surface area contributed by atoms with Crippen molar-refractivity contribution in [1.29, 1.82) is 0 Å². The van der Waals surface area contributed by atoms with Crippen LogP contribution in [-0.2, 0) is 11.2 Å². The molecule has 1 aromatic carbocycles. The molecule has 0 spiro atoms. The van der Waals surface area contributed by atoms with Gasteiger partial charge in [-0.2, -0.15) is 0 Å². The van der Waals surface area contributed by atoms with Crippen LogP contribution >= 0.6 is 22.6 Å². The van der Waals surface area contributed by atoms with Gasteiger partial charge < -0.3 is 0 Å². The zero-order chi connectivity index (χ0) is 13.0. The molecule has 0 fully saturated rings. The van der Waals surface area contributed by atoms with Gasteiger partial charge in [0.1, 0.15) is 0 Å². The summed E-state index contributed by atoms with van der Waals surface area (Å²) in [7, 11) is 0. The molecule has 90 valence electrons. The van der Waals surface area contributed by atoms with Crippen molar-refractivity contribution in [3.63, 3.8) is 0 Å². The second-order valence-electron chi connectivity index (χ2n) is 3.89. The predicted molar refractivity (Wildman–Crippen MR) is 81.3 cm³/mol. The van der Waals surface area contributed by atoms with Gasteiger partial charge >= 0.3 is 0 Å². The fourth-order valence-electron chi connectivity index (χ4n) is 1.74. The minimum absolute atomic E-state index is 0.00904. The molecule has 0 saturated carbocycles. The molecule has 2 nitrogen and oxygen atoms in total. The number of halogens is 1. The average molecular weight is 349 g/mol. The van der Waals surface area contributed by atoms with Gasteiger partial charge in [-0.05, 0) is 63.6 Å². The molecule has 0 N–H and O–H groups in total. The third kappa shape index (κ3) is 3.04. The molecule has 0 unspecified atom stereocenters. The van der Waals surface area contributed by atoms with E-state index in [0.717, 1.165) is 16.7 Å². The number of carbonyl (C=O) groups excluding carboxylic acids is 1. The van der Waals surface area contributed by atoms with Crippen LogP contribution in [0.25, 0.3) is 11.1 Å². The van der Waals surface area contributed by atoms with E-state index < -0.39 is 0 Å². The lowest BCUT2D eigenvalue weighted by Crippen LogP contribution is -2.00. The van der Waals surface area contributed by atoms with Crippen LogP contribution in [0.5, 0.6) is 0 Å². The maximum atomic E-state index is 11.5. The van der Waals surface area contributed by atoms with E-state index in [1.807, 2.05) is 6.07 Å². The number of ketones is 1. The number of allylic oxidation sites excluding steroid dienone is 1. The van der Waals surface area contributed by atoms with Crippen LogP contribution in [0.1, 0.15) is 5.56 Å². The standard InChI is InChI=1S/C15H12INO/c1-2-14(18)9-12-10-17-8-7-15(12)11-3-5-13(16)6-4-11/h2-8,10H,1,9H2. The number of hydrogen-bond donors (Lipinski definition) is 0. The van der Waals surface area contributed by atoms with Crippen LogP contribution in [0.15, 0.2) is 55.4 Å². The summed E-state index contributed by atoms with van der Waals surface area (Å²) < 4.78 is 1.19. The van der Waals surface area contributed by atoms with Crippen LogP contribution in [0.4, 0.5) is 0 Å². The Kier molecular flexibility index (Phi) is 4.25. The SMILES string of the molecule is C=CC(=O)Cc1cnccc1-c1ccc(I)cc1. The Balaban J connectivity index is 2.41. The summed E-state index contributed by atoms with van der Waals surface area (Å²) in [5, 5.41) is 0. The van der Waals surface area contributed by atoms with Gasteiger partial charge in [-0.1, -0.05) is 18.7 Å². The largest absolute Gasteiger partial charge is 0.295 e. The molecule has 0 radical (unpaired) electrons. The average Bonchev–Trinajstić information content (AvgIpc) is 2.40. The third-order valence-corrected chi connectivity index (χ3v) is 3.37. The van der Waals surface area contributed by atoms with E-state index in [1.165, 1.54) is 9.65 Å². The Morgan fingerprint density at radius 3 is 2.67 bits per heavy atom. The van der Waals surface area contributed by atoms with Crippen molar-refractivity contribution < 1.29 is 4.79 Å². The smallest absolute Gasteiger partial charge is 0.159 e. The highest BCUT2D eigenvalue weighted by Gasteiger charge is 2.07. The topological polar surface area (TPSA) is 30.0 Å². The molecular formula is C15H12INO. The minimum Gasteiger partial charge on any atom is -0.295 e. The first-order valence-electron chi connectivity index (χ1n) is 5.55. The molecule has 0 aliphatic rings. The first-order chi connectivity index (χ1) is 8.70. The molecule has 0 atom stereocenters. The molecule has 0 aliphatic heterocycles. The number of pyridine rings is 1. The van der Waals surface area contributed by atoms with E-state index in [-0.39, 0.29) is 5.78 Å². The molecule has 0 amide bonds. The zero-order valence-corrected chi connectivity index (χ0v) is 11.9. The van der Waals surface area contributed by atoms with Gasteiger partial charge in [0, 0.05) is 22.4 Å². The van der Waals surface area contributed by atoms with Crippen LogP contribution in [0, 0.1) is 3.57 Å². The highest BCUT2D eigenvalue weighted by Crippen LogP contribution is 2.24. The van der Waals surface area contributed by atoms with E-state index in [9.17, 15) is 4.79 Å². The van der Waals surface area contributed by atoms with E-state index in [4.69, 9.17) is 0 Å². The second-order valence-corrected chi connectivity index (χ2v) is 5.13. The number of hydrogen-bond acceptors (Lipinski definition) is 2. The van der Waals surface area contributed by atoms with Crippen LogP contribution < -0.4 is 0 Å². The van der Waals surface area contributed by atoms with Gasteiger partial charge in [0.05, 0.1) is 0 Å². The summed E-state index contributed by atoms with van der Waals surface area (Å²) >= 11 is 2.27. The highest BCUT2D eigenvalue weighted by atomic mass is 127. The normalized spacial score (nSPS) is 10.1. The van der Waals surface area contributed by atoms with E-state index in [1.54, 1.807) is 12.4 Å². The molecule has 3 heteroatoms. The van der Waals surface area contributed by atoms with Gasteiger partial charge in [0.15, 0.2) is 5.78 Å². The number of benzene rings is 1. The zero-order valence-electron chi connectivity index (χ0n) is 9.77. The quantitative estimate of drug-likeness (QED) is 0.623. The predicted octanol–water partition coefficient (Wildman–Crippen LogP) is 3.65. The maximum absolute atomic E-state index is 11.5. The lowest BCUT2D eigenvalue weighted by molar-refractivity contribution is -0.114. The van der Waals surface area contributed by atoms with Gasteiger partial charge in [-0.3, -0.25) is 9.78 Å². The van der Waals surface area contributed by atoms with Crippen LogP contribution in [0.3, 0.4) is 0 Å². The van der Waals surface area contributed by atoms with Gasteiger partial charge in [-0.25, -0.2) is 0 Å². The van der Waals surface area contributed by atoms with Gasteiger partial charge in [-0.15, -0.1) is 0 Å². The number of rotatable bonds is 4.